The van der Waals surface area contributed by atoms with Crippen LogP contribution in [-0.4, -0.2) is 23.5 Å². The molecule has 1 saturated heterocycles. The molecule has 4 nitrogen and oxygen atoms in total. The number of carbonyl (C=O) groups is 1. The van der Waals surface area contributed by atoms with E-state index in [1.165, 1.54) is 16.7 Å². The molecule has 0 spiro atoms. The van der Waals surface area contributed by atoms with Crippen LogP contribution < -0.4 is 5.32 Å². The third kappa shape index (κ3) is 3.15. The number of anilines is 1. The predicted molar refractivity (Wildman–Crippen MR) is 93.8 cm³/mol. The summed E-state index contributed by atoms with van der Waals surface area (Å²) in [5.74, 6) is 0. The fraction of sp³-hybridized carbons (Fsp3) is 0.350. The van der Waals surface area contributed by atoms with Crippen LogP contribution in [0.1, 0.15) is 29.5 Å². The minimum atomic E-state index is 0.00676. The van der Waals surface area contributed by atoms with Crippen molar-refractivity contribution < 1.29 is 9.53 Å². The molecular weight excluding hydrogens is 300 g/mol. The molecule has 2 aliphatic heterocycles. The largest absolute Gasteiger partial charge is 0.372 e. The zero-order chi connectivity index (χ0) is 16.4. The first kappa shape index (κ1) is 15.2. The summed E-state index contributed by atoms with van der Waals surface area (Å²) in [6, 6.07) is 16.7. The van der Waals surface area contributed by atoms with Crippen molar-refractivity contribution in [2.45, 2.75) is 38.5 Å². The van der Waals surface area contributed by atoms with Gasteiger partial charge in [0.2, 0.25) is 0 Å². The Hall–Kier alpha value is -2.33. The van der Waals surface area contributed by atoms with E-state index in [0.717, 1.165) is 31.5 Å². The number of urea groups is 1. The molecule has 1 fully saturated rings. The van der Waals surface area contributed by atoms with E-state index in [1.807, 2.05) is 29.2 Å². The minimum Gasteiger partial charge on any atom is -0.372 e. The maximum absolute atomic E-state index is 12.7. The summed E-state index contributed by atoms with van der Waals surface area (Å²) < 4.78 is 5.44. The maximum atomic E-state index is 12.7. The van der Waals surface area contributed by atoms with Crippen LogP contribution in [0.2, 0.25) is 0 Å². The number of nitrogens with zero attached hydrogens (tertiary/aromatic N) is 1. The van der Waals surface area contributed by atoms with Gasteiger partial charge >= 0.3 is 6.03 Å². The number of nitrogens with one attached hydrogen (secondary N) is 1. The Balaban J connectivity index is 1.43. The van der Waals surface area contributed by atoms with Crippen molar-refractivity contribution in [3.63, 3.8) is 0 Å². The molecule has 0 saturated carbocycles. The van der Waals surface area contributed by atoms with Crippen LogP contribution in [0.5, 0.6) is 0 Å². The Morgan fingerprint density at radius 1 is 1.12 bits per heavy atom. The van der Waals surface area contributed by atoms with Gasteiger partial charge in [-0.3, -0.25) is 0 Å². The number of carbonyl (C=O) groups excluding carboxylic acids is 1. The number of fused-ring (bicyclic) bond motifs is 1. The molecular formula is C20H22N2O2. The molecule has 0 bridgehead atoms. The molecule has 1 N–H and O–H groups in total. The van der Waals surface area contributed by atoms with Gasteiger partial charge in [-0.1, -0.05) is 36.4 Å². The molecule has 0 aromatic heterocycles. The average Bonchev–Trinajstić information content (AvgIpc) is 3.24. The minimum absolute atomic E-state index is 0.00676. The monoisotopic (exact) mass is 322 g/mol. The van der Waals surface area contributed by atoms with Crippen molar-refractivity contribution in [3.8, 4) is 0 Å². The Labute approximate surface area is 142 Å². The van der Waals surface area contributed by atoms with Crippen LogP contribution in [0, 0.1) is 0 Å². The van der Waals surface area contributed by atoms with Crippen LogP contribution in [-0.2, 0) is 24.4 Å². The van der Waals surface area contributed by atoms with Crippen LogP contribution >= 0.6 is 0 Å². The van der Waals surface area contributed by atoms with Crippen LogP contribution in [0.3, 0.4) is 0 Å². The maximum Gasteiger partial charge on any atom is 0.322 e. The molecule has 124 valence electrons. The highest BCUT2D eigenvalue weighted by Gasteiger charge is 2.29. The first-order valence-corrected chi connectivity index (χ1v) is 8.61. The van der Waals surface area contributed by atoms with Gasteiger partial charge in [-0.2, -0.15) is 0 Å². The van der Waals surface area contributed by atoms with Crippen molar-refractivity contribution in [2.24, 2.45) is 0 Å². The molecule has 4 rings (SSSR count). The molecule has 2 aromatic carbocycles. The number of ether oxygens (including phenoxy) is 1. The summed E-state index contributed by atoms with van der Waals surface area (Å²) in [6.45, 7) is 2.14. The summed E-state index contributed by atoms with van der Waals surface area (Å²) in [4.78, 5) is 14.7. The summed E-state index contributed by atoms with van der Waals surface area (Å²) in [5.41, 5.74) is 4.54. The van der Waals surface area contributed by atoms with E-state index < -0.39 is 0 Å². The van der Waals surface area contributed by atoms with Gasteiger partial charge < -0.3 is 15.0 Å². The van der Waals surface area contributed by atoms with Gasteiger partial charge in [0.1, 0.15) is 0 Å². The molecule has 1 atom stereocenters. The van der Waals surface area contributed by atoms with Crippen molar-refractivity contribution in [1.82, 2.24) is 4.90 Å². The second kappa shape index (κ2) is 6.65. The first-order chi connectivity index (χ1) is 11.8. The number of hydrogen-bond acceptors (Lipinski definition) is 2. The first-order valence-electron chi connectivity index (χ1n) is 8.61. The lowest BCUT2D eigenvalue weighted by Crippen LogP contribution is -2.39. The standard InChI is InChI=1S/C20H22N2O2/c23-20(21-18-9-8-16-13-24-14-17(16)12-18)22-10-4-7-19(22)11-15-5-2-1-3-6-15/h1-3,5-6,8-9,12,19H,4,7,10-11,13-14H2,(H,21,23)/t19-/m1/s1. The van der Waals surface area contributed by atoms with Gasteiger partial charge in [0.25, 0.3) is 0 Å². The fourth-order valence-corrected chi connectivity index (χ4v) is 3.65. The van der Waals surface area contributed by atoms with Crippen LogP contribution in [0.25, 0.3) is 0 Å². The highest BCUT2D eigenvalue weighted by atomic mass is 16.5. The van der Waals surface area contributed by atoms with E-state index in [9.17, 15) is 4.79 Å². The van der Waals surface area contributed by atoms with Gasteiger partial charge in [-0.25, -0.2) is 4.79 Å². The van der Waals surface area contributed by atoms with Gasteiger partial charge in [0.05, 0.1) is 13.2 Å². The van der Waals surface area contributed by atoms with Crippen molar-refractivity contribution >= 4 is 11.7 Å². The smallest absolute Gasteiger partial charge is 0.322 e. The zero-order valence-electron chi connectivity index (χ0n) is 13.7. The Morgan fingerprint density at radius 3 is 2.83 bits per heavy atom. The quantitative estimate of drug-likeness (QED) is 0.929. The fourth-order valence-electron chi connectivity index (χ4n) is 3.65. The number of likely N-dealkylation sites (tertiary alicyclic amines) is 1. The molecule has 2 aliphatic rings. The van der Waals surface area contributed by atoms with E-state index in [2.05, 4.69) is 29.6 Å². The van der Waals surface area contributed by atoms with E-state index in [0.29, 0.717) is 13.2 Å². The van der Waals surface area contributed by atoms with Crippen LogP contribution in [0.15, 0.2) is 48.5 Å². The van der Waals surface area contributed by atoms with E-state index in [-0.39, 0.29) is 12.1 Å². The lowest BCUT2D eigenvalue weighted by molar-refractivity contribution is 0.134. The highest BCUT2D eigenvalue weighted by Crippen LogP contribution is 2.25. The van der Waals surface area contributed by atoms with Crippen molar-refractivity contribution in [1.29, 1.82) is 0 Å². The van der Waals surface area contributed by atoms with E-state index >= 15 is 0 Å². The predicted octanol–water partition coefficient (Wildman–Crippen LogP) is 3.96. The number of benzene rings is 2. The summed E-state index contributed by atoms with van der Waals surface area (Å²) >= 11 is 0. The van der Waals surface area contributed by atoms with Gasteiger partial charge in [-0.15, -0.1) is 0 Å². The van der Waals surface area contributed by atoms with Crippen LogP contribution in [0.4, 0.5) is 10.5 Å². The van der Waals surface area contributed by atoms with Gasteiger partial charge in [-0.05, 0) is 48.1 Å². The lowest BCUT2D eigenvalue weighted by atomic mass is 10.0. The average molecular weight is 322 g/mol. The molecule has 0 unspecified atom stereocenters. The molecule has 24 heavy (non-hydrogen) atoms. The third-order valence-electron chi connectivity index (χ3n) is 4.92. The number of amides is 2. The van der Waals surface area contributed by atoms with E-state index in [4.69, 9.17) is 4.74 Å². The zero-order valence-corrected chi connectivity index (χ0v) is 13.7. The number of rotatable bonds is 3. The van der Waals surface area contributed by atoms with Crippen molar-refractivity contribution in [3.05, 3.63) is 65.2 Å². The Bertz CT molecular complexity index is 730. The summed E-state index contributed by atoms with van der Waals surface area (Å²) in [7, 11) is 0. The van der Waals surface area contributed by atoms with Crippen molar-refractivity contribution in [2.75, 3.05) is 11.9 Å². The Morgan fingerprint density at radius 2 is 1.96 bits per heavy atom. The molecule has 0 radical (unpaired) electrons. The number of hydrogen-bond donors (Lipinski definition) is 1. The SMILES string of the molecule is O=C(Nc1ccc2c(c1)COC2)N1CCC[C@@H]1Cc1ccccc1. The Kier molecular flexibility index (Phi) is 4.22. The highest BCUT2D eigenvalue weighted by molar-refractivity contribution is 5.90. The molecule has 4 heteroatoms. The normalized spacial score (nSPS) is 19.3. The second-order valence-corrected chi connectivity index (χ2v) is 6.59. The second-order valence-electron chi connectivity index (χ2n) is 6.59. The third-order valence-corrected chi connectivity index (χ3v) is 4.92. The summed E-state index contributed by atoms with van der Waals surface area (Å²) in [5, 5.41) is 3.06. The lowest BCUT2D eigenvalue weighted by Gasteiger charge is -2.25. The molecule has 0 aliphatic carbocycles. The molecule has 2 amide bonds. The summed E-state index contributed by atoms with van der Waals surface area (Å²) in [6.07, 6.45) is 3.07. The molecule has 2 aromatic rings. The van der Waals surface area contributed by atoms with Gasteiger partial charge in [0, 0.05) is 18.3 Å². The van der Waals surface area contributed by atoms with Gasteiger partial charge in [0.15, 0.2) is 0 Å². The topological polar surface area (TPSA) is 41.6 Å². The molecule has 2 heterocycles. The van der Waals surface area contributed by atoms with E-state index in [1.54, 1.807) is 0 Å².